The van der Waals surface area contributed by atoms with Crippen LogP contribution < -0.4 is 0 Å². The van der Waals surface area contributed by atoms with Crippen LogP contribution in [0.4, 0.5) is 13.2 Å². The number of halogens is 5. The summed E-state index contributed by atoms with van der Waals surface area (Å²) in [6.07, 6.45) is -2.37. The van der Waals surface area contributed by atoms with Gasteiger partial charge in [0.25, 0.3) is 0 Å². The van der Waals surface area contributed by atoms with Gasteiger partial charge in [0, 0.05) is 22.8 Å². The summed E-state index contributed by atoms with van der Waals surface area (Å²) in [6.45, 7) is 1.90. The Hall–Kier alpha value is -1.07. The van der Waals surface area contributed by atoms with E-state index in [0.29, 0.717) is 16.5 Å². The maximum Gasteiger partial charge on any atom is 0.416 e. The Balaban J connectivity index is 2.31. The predicted molar refractivity (Wildman–Crippen MR) is 80.4 cm³/mol. The molecule has 2 rings (SSSR count). The van der Waals surface area contributed by atoms with E-state index < -0.39 is 17.1 Å². The number of nitrogens with zero attached hydrogens (tertiary/aromatic N) is 1. The molecule has 0 N–H and O–H groups in total. The smallest absolute Gasteiger partial charge is 0.261 e. The molecule has 1 nitrogen and oxygen atoms in total. The molecule has 1 heterocycles. The molecule has 1 aromatic carbocycles. The highest BCUT2D eigenvalue weighted by Crippen LogP contribution is 2.36. The minimum absolute atomic E-state index is 0.369. The van der Waals surface area contributed by atoms with Crippen LogP contribution in [0.25, 0.3) is 0 Å². The zero-order valence-electron chi connectivity index (χ0n) is 11.1. The molecular formula is C15H12BrClF3N. The van der Waals surface area contributed by atoms with Crippen molar-refractivity contribution in [1.29, 1.82) is 0 Å². The van der Waals surface area contributed by atoms with Crippen molar-refractivity contribution >= 4 is 27.5 Å². The highest BCUT2D eigenvalue weighted by atomic mass is 79.9. The van der Waals surface area contributed by atoms with Crippen LogP contribution in [-0.2, 0) is 12.6 Å². The third-order valence-corrected chi connectivity index (χ3v) is 4.26. The quantitative estimate of drug-likeness (QED) is 0.625. The summed E-state index contributed by atoms with van der Waals surface area (Å²) in [6, 6.07) is 7.19. The third-order valence-electron chi connectivity index (χ3n) is 3.15. The zero-order chi connectivity index (χ0) is 15.6. The lowest BCUT2D eigenvalue weighted by Crippen LogP contribution is -2.07. The van der Waals surface area contributed by atoms with Gasteiger partial charge in [-0.1, -0.05) is 22.0 Å². The lowest BCUT2D eigenvalue weighted by atomic mass is 10.0. The van der Waals surface area contributed by atoms with Crippen LogP contribution in [-0.4, -0.2) is 4.98 Å². The summed E-state index contributed by atoms with van der Waals surface area (Å²) in [5, 5.41) is -0.588. The van der Waals surface area contributed by atoms with Gasteiger partial charge in [-0.3, -0.25) is 4.98 Å². The molecule has 1 unspecified atom stereocenters. The van der Waals surface area contributed by atoms with E-state index in [1.54, 1.807) is 6.20 Å². The van der Waals surface area contributed by atoms with Crippen molar-refractivity contribution in [3.8, 4) is 0 Å². The highest BCUT2D eigenvalue weighted by Gasteiger charge is 2.31. The molecule has 0 fully saturated rings. The maximum absolute atomic E-state index is 12.8. The number of aryl methyl sites for hydroxylation is 1. The monoisotopic (exact) mass is 377 g/mol. The first-order valence-corrected chi connectivity index (χ1v) is 7.43. The van der Waals surface area contributed by atoms with Crippen LogP contribution in [0, 0.1) is 6.92 Å². The molecule has 112 valence electrons. The summed E-state index contributed by atoms with van der Waals surface area (Å²) >= 11 is 9.56. The van der Waals surface area contributed by atoms with E-state index in [0.717, 1.165) is 23.4 Å². The molecule has 6 heteroatoms. The fourth-order valence-corrected chi connectivity index (χ4v) is 2.95. The Bertz CT molecular complexity index is 643. The van der Waals surface area contributed by atoms with Crippen molar-refractivity contribution in [3.63, 3.8) is 0 Å². The van der Waals surface area contributed by atoms with Crippen molar-refractivity contribution in [2.75, 3.05) is 0 Å². The van der Waals surface area contributed by atoms with E-state index >= 15 is 0 Å². The summed E-state index contributed by atoms with van der Waals surface area (Å²) in [5.41, 5.74) is 1.45. The molecule has 0 aliphatic heterocycles. The molecule has 0 aliphatic carbocycles. The standard InChI is InChI=1S/C15H12BrClF3N/c1-9-3-2-6-21-14(9)8-13(17)11-7-10(15(18,19)20)4-5-12(11)16/h2-7,13H,8H2,1H3. The summed E-state index contributed by atoms with van der Waals surface area (Å²) in [5.74, 6) is 0. The lowest BCUT2D eigenvalue weighted by molar-refractivity contribution is -0.137. The van der Waals surface area contributed by atoms with E-state index in [1.807, 2.05) is 19.1 Å². The van der Waals surface area contributed by atoms with Gasteiger partial charge in [-0.2, -0.15) is 13.2 Å². The molecule has 0 saturated carbocycles. The predicted octanol–water partition coefficient (Wildman–Crippen LogP) is 5.69. The van der Waals surface area contributed by atoms with Crippen LogP contribution >= 0.6 is 27.5 Å². The largest absolute Gasteiger partial charge is 0.416 e. The van der Waals surface area contributed by atoms with Gasteiger partial charge in [-0.15, -0.1) is 11.6 Å². The minimum Gasteiger partial charge on any atom is -0.261 e. The first kappa shape index (κ1) is 16.3. The Kier molecular flexibility index (Phi) is 4.94. The highest BCUT2D eigenvalue weighted by molar-refractivity contribution is 9.10. The summed E-state index contributed by atoms with van der Waals surface area (Å²) in [7, 11) is 0. The number of pyridine rings is 1. The second-order valence-electron chi connectivity index (χ2n) is 4.67. The maximum atomic E-state index is 12.8. The molecule has 0 saturated heterocycles. The van der Waals surface area contributed by atoms with E-state index in [9.17, 15) is 13.2 Å². The third kappa shape index (κ3) is 3.98. The molecular weight excluding hydrogens is 367 g/mol. The fraction of sp³-hybridized carbons (Fsp3) is 0.267. The van der Waals surface area contributed by atoms with Gasteiger partial charge in [-0.05, 0) is 42.3 Å². The number of rotatable bonds is 3. The SMILES string of the molecule is Cc1cccnc1CC(Cl)c1cc(C(F)(F)F)ccc1Br. The van der Waals surface area contributed by atoms with Crippen molar-refractivity contribution in [2.24, 2.45) is 0 Å². The number of alkyl halides is 4. The number of hydrogen-bond acceptors (Lipinski definition) is 1. The van der Waals surface area contributed by atoms with Gasteiger partial charge in [0.2, 0.25) is 0 Å². The van der Waals surface area contributed by atoms with Gasteiger partial charge in [0.1, 0.15) is 0 Å². The second-order valence-corrected chi connectivity index (χ2v) is 6.05. The molecule has 2 aromatic rings. The van der Waals surface area contributed by atoms with Gasteiger partial charge in [0.05, 0.1) is 10.9 Å². The van der Waals surface area contributed by atoms with Crippen LogP contribution in [0.3, 0.4) is 0 Å². The topological polar surface area (TPSA) is 12.9 Å². The first-order valence-electron chi connectivity index (χ1n) is 6.20. The van der Waals surface area contributed by atoms with Crippen molar-refractivity contribution in [3.05, 3.63) is 63.4 Å². The second kappa shape index (κ2) is 6.36. The molecule has 1 atom stereocenters. The Morgan fingerprint density at radius 3 is 2.62 bits per heavy atom. The first-order chi connectivity index (χ1) is 9.79. The zero-order valence-corrected chi connectivity index (χ0v) is 13.4. The van der Waals surface area contributed by atoms with Crippen LogP contribution in [0.2, 0.25) is 0 Å². The molecule has 0 bridgehead atoms. The molecule has 0 spiro atoms. The van der Waals surface area contributed by atoms with Crippen LogP contribution in [0.5, 0.6) is 0 Å². The van der Waals surface area contributed by atoms with E-state index in [2.05, 4.69) is 20.9 Å². The Morgan fingerprint density at radius 1 is 1.29 bits per heavy atom. The van der Waals surface area contributed by atoms with Crippen molar-refractivity contribution < 1.29 is 13.2 Å². The number of benzene rings is 1. The van der Waals surface area contributed by atoms with Gasteiger partial charge in [0.15, 0.2) is 0 Å². The Labute approximate surface area is 134 Å². The normalized spacial score (nSPS) is 13.2. The molecule has 0 amide bonds. The van der Waals surface area contributed by atoms with Crippen LogP contribution in [0.15, 0.2) is 41.0 Å². The lowest BCUT2D eigenvalue weighted by Gasteiger charge is -2.15. The van der Waals surface area contributed by atoms with E-state index in [1.165, 1.54) is 6.07 Å². The fourth-order valence-electron chi connectivity index (χ4n) is 1.97. The average Bonchev–Trinajstić information content (AvgIpc) is 2.40. The Morgan fingerprint density at radius 2 is 2.00 bits per heavy atom. The average molecular weight is 379 g/mol. The van der Waals surface area contributed by atoms with Crippen LogP contribution in [0.1, 0.15) is 27.8 Å². The molecule has 0 radical (unpaired) electrons. The van der Waals surface area contributed by atoms with E-state index in [-0.39, 0.29) is 0 Å². The summed E-state index contributed by atoms with van der Waals surface area (Å²) in [4.78, 5) is 4.22. The van der Waals surface area contributed by atoms with Gasteiger partial charge < -0.3 is 0 Å². The molecule has 21 heavy (non-hydrogen) atoms. The van der Waals surface area contributed by atoms with E-state index in [4.69, 9.17) is 11.6 Å². The minimum atomic E-state index is -4.38. The van der Waals surface area contributed by atoms with Crippen molar-refractivity contribution in [1.82, 2.24) is 4.98 Å². The van der Waals surface area contributed by atoms with Gasteiger partial charge >= 0.3 is 6.18 Å². The summed E-state index contributed by atoms with van der Waals surface area (Å²) < 4.78 is 38.9. The molecule has 0 aliphatic rings. The molecule has 1 aromatic heterocycles. The van der Waals surface area contributed by atoms with Gasteiger partial charge in [-0.25, -0.2) is 0 Å². The van der Waals surface area contributed by atoms with Crippen molar-refractivity contribution in [2.45, 2.75) is 24.9 Å². The number of hydrogen-bond donors (Lipinski definition) is 0. The number of aromatic nitrogens is 1.